The molecule has 0 radical (unpaired) electrons. The molecule has 0 atom stereocenters. The zero-order valence-electron chi connectivity index (χ0n) is 8.90. The largest absolute Gasteiger partial charge is 0.324 e. The maximum Gasteiger partial charge on any atom is 0.224 e. The molecule has 0 unspecified atom stereocenters. The zero-order valence-corrected chi connectivity index (χ0v) is 12.0. The second kappa shape index (κ2) is 7.19. The first-order valence-electron chi connectivity index (χ1n) is 5.05. The van der Waals surface area contributed by atoms with Crippen LogP contribution in [0.15, 0.2) is 12.1 Å². The number of nitrogens with one attached hydrogen (secondary N) is 1. The highest BCUT2D eigenvalue weighted by atomic mass is 79.9. The van der Waals surface area contributed by atoms with Crippen LogP contribution in [0.3, 0.4) is 0 Å². The number of benzene rings is 1. The van der Waals surface area contributed by atoms with Crippen LogP contribution < -0.4 is 5.32 Å². The van der Waals surface area contributed by atoms with Gasteiger partial charge in [0.05, 0.1) is 15.7 Å². The minimum atomic E-state index is -0.530. The van der Waals surface area contributed by atoms with Crippen LogP contribution in [0.25, 0.3) is 0 Å². The highest BCUT2D eigenvalue weighted by Crippen LogP contribution is 2.31. The summed E-state index contributed by atoms with van der Waals surface area (Å²) in [7, 11) is 0. The van der Waals surface area contributed by atoms with Gasteiger partial charge in [0.25, 0.3) is 0 Å². The first kappa shape index (κ1) is 14.7. The number of rotatable bonds is 5. The lowest BCUT2D eigenvalue weighted by atomic mass is 10.2. The van der Waals surface area contributed by atoms with Gasteiger partial charge in [-0.1, -0.05) is 39.1 Å². The summed E-state index contributed by atoms with van der Waals surface area (Å²) in [6, 6.07) is 2.23. The number of halogens is 4. The summed E-state index contributed by atoms with van der Waals surface area (Å²) in [5, 5.41) is 3.64. The highest BCUT2D eigenvalue weighted by molar-refractivity contribution is 9.09. The maximum atomic E-state index is 12.9. The van der Waals surface area contributed by atoms with Crippen LogP contribution in [0.4, 0.5) is 10.1 Å². The van der Waals surface area contributed by atoms with Crippen molar-refractivity contribution in [1.82, 2.24) is 0 Å². The van der Waals surface area contributed by atoms with Crippen molar-refractivity contribution in [2.75, 3.05) is 10.6 Å². The average Bonchev–Trinajstić information content (AvgIpc) is 2.24. The number of carbonyl (C=O) groups is 1. The molecule has 0 aliphatic rings. The van der Waals surface area contributed by atoms with Crippen molar-refractivity contribution in [3.8, 4) is 0 Å². The summed E-state index contributed by atoms with van der Waals surface area (Å²) < 4.78 is 12.9. The minimum absolute atomic E-state index is 0.101. The summed E-state index contributed by atoms with van der Waals surface area (Å²) in [5.74, 6) is -0.710. The molecule has 1 N–H and O–H groups in total. The quantitative estimate of drug-likeness (QED) is 0.613. The van der Waals surface area contributed by atoms with Crippen LogP contribution in [0.1, 0.15) is 19.3 Å². The Morgan fingerprint density at radius 1 is 1.29 bits per heavy atom. The lowest BCUT2D eigenvalue weighted by molar-refractivity contribution is -0.116. The van der Waals surface area contributed by atoms with Gasteiger partial charge in [-0.3, -0.25) is 4.79 Å². The SMILES string of the molecule is O=C(CCCCBr)Nc1c(Cl)cc(F)cc1Cl. The highest BCUT2D eigenvalue weighted by Gasteiger charge is 2.11. The molecule has 1 amide bonds. The first-order valence-corrected chi connectivity index (χ1v) is 6.92. The normalized spacial score (nSPS) is 10.4. The number of anilines is 1. The standard InChI is InChI=1S/C11H11BrCl2FNO/c12-4-2-1-3-10(17)16-11-8(13)5-7(15)6-9(11)14/h5-6H,1-4H2,(H,16,17). The molecule has 0 saturated heterocycles. The third-order valence-electron chi connectivity index (χ3n) is 2.06. The molecule has 1 rings (SSSR count). The van der Waals surface area contributed by atoms with Crippen molar-refractivity contribution < 1.29 is 9.18 Å². The van der Waals surface area contributed by atoms with E-state index in [0.29, 0.717) is 6.42 Å². The van der Waals surface area contributed by atoms with Crippen LogP contribution in [-0.2, 0) is 4.79 Å². The van der Waals surface area contributed by atoms with Gasteiger partial charge in [-0.25, -0.2) is 4.39 Å². The molecular formula is C11H11BrCl2FNO. The molecule has 0 heterocycles. The van der Waals surface area contributed by atoms with Crippen molar-refractivity contribution in [3.63, 3.8) is 0 Å². The Bertz CT molecular complexity index is 391. The molecule has 2 nitrogen and oxygen atoms in total. The topological polar surface area (TPSA) is 29.1 Å². The maximum absolute atomic E-state index is 12.9. The van der Waals surface area contributed by atoms with Crippen LogP contribution >= 0.6 is 39.1 Å². The van der Waals surface area contributed by atoms with E-state index in [1.165, 1.54) is 0 Å². The smallest absolute Gasteiger partial charge is 0.224 e. The summed E-state index contributed by atoms with van der Waals surface area (Å²) in [6.45, 7) is 0. The van der Waals surface area contributed by atoms with E-state index in [2.05, 4.69) is 21.2 Å². The average molecular weight is 343 g/mol. The molecule has 17 heavy (non-hydrogen) atoms. The van der Waals surface area contributed by atoms with E-state index >= 15 is 0 Å². The van der Waals surface area contributed by atoms with Crippen molar-refractivity contribution in [1.29, 1.82) is 0 Å². The number of unbranched alkanes of at least 4 members (excludes halogenated alkanes) is 1. The van der Waals surface area contributed by atoms with Crippen molar-refractivity contribution >= 4 is 50.7 Å². The Morgan fingerprint density at radius 2 is 1.88 bits per heavy atom. The molecule has 0 aliphatic heterocycles. The van der Waals surface area contributed by atoms with E-state index in [4.69, 9.17) is 23.2 Å². The van der Waals surface area contributed by atoms with Gasteiger partial charge in [0.1, 0.15) is 5.82 Å². The number of hydrogen-bond donors (Lipinski definition) is 1. The molecule has 1 aromatic rings. The van der Waals surface area contributed by atoms with Gasteiger partial charge in [-0.05, 0) is 25.0 Å². The lowest BCUT2D eigenvalue weighted by Crippen LogP contribution is -2.12. The fourth-order valence-corrected chi connectivity index (χ4v) is 2.20. The van der Waals surface area contributed by atoms with Gasteiger partial charge in [-0.15, -0.1) is 0 Å². The van der Waals surface area contributed by atoms with E-state index in [-0.39, 0.29) is 21.6 Å². The van der Waals surface area contributed by atoms with E-state index in [1.807, 2.05) is 0 Å². The molecule has 0 spiro atoms. The monoisotopic (exact) mass is 341 g/mol. The van der Waals surface area contributed by atoms with Crippen LogP contribution in [0, 0.1) is 5.82 Å². The molecular weight excluding hydrogens is 332 g/mol. The third-order valence-corrected chi connectivity index (χ3v) is 3.22. The minimum Gasteiger partial charge on any atom is -0.324 e. The van der Waals surface area contributed by atoms with Crippen molar-refractivity contribution in [3.05, 3.63) is 28.0 Å². The van der Waals surface area contributed by atoms with Crippen LogP contribution in [0.2, 0.25) is 10.0 Å². The first-order chi connectivity index (χ1) is 8.04. The predicted octanol–water partition coefficient (Wildman–Crippen LogP) is 4.64. The summed E-state index contributed by atoms with van der Waals surface area (Å²) in [4.78, 5) is 11.5. The van der Waals surface area contributed by atoms with Gasteiger partial charge in [-0.2, -0.15) is 0 Å². The molecule has 94 valence electrons. The number of hydrogen-bond acceptors (Lipinski definition) is 1. The van der Waals surface area contributed by atoms with E-state index in [0.717, 1.165) is 30.3 Å². The fourth-order valence-electron chi connectivity index (χ4n) is 1.24. The fraction of sp³-hybridized carbons (Fsp3) is 0.364. The van der Waals surface area contributed by atoms with Crippen molar-refractivity contribution in [2.24, 2.45) is 0 Å². The van der Waals surface area contributed by atoms with Gasteiger partial charge >= 0.3 is 0 Å². The second-order valence-electron chi connectivity index (χ2n) is 3.44. The van der Waals surface area contributed by atoms with Gasteiger partial charge in [0.15, 0.2) is 0 Å². The third kappa shape index (κ3) is 4.82. The Balaban J connectivity index is 2.65. The summed E-state index contributed by atoms with van der Waals surface area (Å²) in [5.41, 5.74) is 0.263. The second-order valence-corrected chi connectivity index (χ2v) is 5.05. The Hall–Kier alpha value is -0.320. The Labute approximate surface area is 118 Å². The van der Waals surface area contributed by atoms with Gasteiger partial charge < -0.3 is 5.32 Å². The number of amides is 1. The van der Waals surface area contributed by atoms with Gasteiger partial charge in [0, 0.05) is 11.8 Å². The zero-order chi connectivity index (χ0) is 12.8. The molecule has 6 heteroatoms. The van der Waals surface area contributed by atoms with Crippen LogP contribution in [0.5, 0.6) is 0 Å². The molecule has 0 fully saturated rings. The molecule has 1 aromatic carbocycles. The Kier molecular flexibility index (Phi) is 6.23. The molecule has 0 aliphatic carbocycles. The van der Waals surface area contributed by atoms with Crippen LogP contribution in [-0.4, -0.2) is 11.2 Å². The van der Waals surface area contributed by atoms with E-state index in [9.17, 15) is 9.18 Å². The van der Waals surface area contributed by atoms with Gasteiger partial charge in [0.2, 0.25) is 5.91 Å². The molecule has 0 saturated carbocycles. The summed E-state index contributed by atoms with van der Waals surface area (Å²) in [6.07, 6.45) is 2.07. The van der Waals surface area contributed by atoms with Crippen molar-refractivity contribution in [2.45, 2.75) is 19.3 Å². The lowest BCUT2D eigenvalue weighted by Gasteiger charge is -2.09. The summed E-state index contributed by atoms with van der Waals surface area (Å²) >= 11 is 14.9. The Morgan fingerprint density at radius 3 is 2.41 bits per heavy atom. The number of alkyl halides is 1. The number of carbonyl (C=O) groups excluding carboxylic acids is 1. The molecule has 0 bridgehead atoms. The van der Waals surface area contributed by atoms with E-state index < -0.39 is 5.82 Å². The van der Waals surface area contributed by atoms with E-state index in [1.54, 1.807) is 0 Å². The molecule has 0 aromatic heterocycles. The predicted molar refractivity (Wildman–Crippen MR) is 72.7 cm³/mol.